The van der Waals surface area contributed by atoms with Crippen molar-refractivity contribution in [2.24, 2.45) is 0 Å². The second-order valence-corrected chi connectivity index (χ2v) is 6.33. The molecule has 2 aromatic rings. The third kappa shape index (κ3) is 4.94. The van der Waals surface area contributed by atoms with Crippen LogP contribution in [-0.2, 0) is 0 Å². The molecule has 1 amide bonds. The van der Waals surface area contributed by atoms with Gasteiger partial charge in [-0.05, 0) is 64.8 Å². The van der Waals surface area contributed by atoms with E-state index in [9.17, 15) is 4.79 Å². The molecule has 2 rings (SSSR count). The molecule has 146 valence electrons. The normalized spacial score (nSPS) is 10.4. The highest BCUT2D eigenvalue weighted by Crippen LogP contribution is 2.39. The van der Waals surface area contributed by atoms with E-state index in [1.807, 2.05) is 41.5 Å². The summed E-state index contributed by atoms with van der Waals surface area (Å²) < 4.78 is 17.1. The number of aryl methyl sites for hydroxylation is 3. The number of hydrogen-bond donors (Lipinski definition) is 1. The number of ether oxygens (including phenoxy) is 3. The number of rotatable bonds is 8. The van der Waals surface area contributed by atoms with E-state index >= 15 is 0 Å². The molecule has 2 aromatic carbocycles. The maximum Gasteiger partial charge on any atom is 0.255 e. The van der Waals surface area contributed by atoms with Crippen LogP contribution < -0.4 is 19.5 Å². The van der Waals surface area contributed by atoms with E-state index < -0.39 is 0 Å². The molecule has 0 fully saturated rings. The van der Waals surface area contributed by atoms with Crippen LogP contribution in [0.3, 0.4) is 0 Å². The van der Waals surface area contributed by atoms with Gasteiger partial charge in [-0.3, -0.25) is 4.79 Å². The van der Waals surface area contributed by atoms with E-state index in [4.69, 9.17) is 14.2 Å². The molecule has 0 spiro atoms. The van der Waals surface area contributed by atoms with E-state index in [0.717, 1.165) is 16.8 Å². The van der Waals surface area contributed by atoms with Gasteiger partial charge in [0.15, 0.2) is 11.5 Å². The topological polar surface area (TPSA) is 56.8 Å². The van der Waals surface area contributed by atoms with Gasteiger partial charge < -0.3 is 19.5 Å². The van der Waals surface area contributed by atoms with Crippen LogP contribution in [0, 0.1) is 20.8 Å². The summed E-state index contributed by atoms with van der Waals surface area (Å²) in [7, 11) is 0. The number of carbonyl (C=O) groups is 1. The van der Waals surface area contributed by atoms with Crippen LogP contribution >= 0.6 is 0 Å². The Kier molecular flexibility index (Phi) is 7.11. The predicted molar refractivity (Wildman–Crippen MR) is 109 cm³/mol. The van der Waals surface area contributed by atoms with Crippen LogP contribution in [-0.4, -0.2) is 25.7 Å². The molecule has 0 saturated carbocycles. The van der Waals surface area contributed by atoms with Gasteiger partial charge in [0.25, 0.3) is 5.91 Å². The van der Waals surface area contributed by atoms with Crippen LogP contribution in [0.2, 0.25) is 0 Å². The Hall–Kier alpha value is -2.69. The van der Waals surface area contributed by atoms with Crippen LogP contribution in [0.4, 0.5) is 5.69 Å². The van der Waals surface area contributed by atoms with Crippen molar-refractivity contribution in [3.8, 4) is 17.2 Å². The number of amides is 1. The third-order valence-corrected chi connectivity index (χ3v) is 4.09. The van der Waals surface area contributed by atoms with Crippen LogP contribution in [0.1, 0.15) is 47.8 Å². The van der Waals surface area contributed by atoms with Gasteiger partial charge in [0.2, 0.25) is 5.75 Å². The molecule has 0 atom stereocenters. The van der Waals surface area contributed by atoms with E-state index in [2.05, 4.69) is 17.4 Å². The van der Waals surface area contributed by atoms with Crippen molar-refractivity contribution in [1.82, 2.24) is 0 Å². The molecule has 0 unspecified atom stereocenters. The van der Waals surface area contributed by atoms with E-state index in [0.29, 0.717) is 42.6 Å². The molecular formula is C22H29NO4. The Morgan fingerprint density at radius 3 is 1.74 bits per heavy atom. The highest BCUT2D eigenvalue weighted by Gasteiger charge is 2.19. The van der Waals surface area contributed by atoms with Crippen molar-refractivity contribution in [2.75, 3.05) is 25.1 Å². The van der Waals surface area contributed by atoms with Gasteiger partial charge in [-0.15, -0.1) is 0 Å². The van der Waals surface area contributed by atoms with Gasteiger partial charge in [-0.25, -0.2) is 0 Å². The standard InChI is InChI=1S/C22H29NO4/c1-7-25-18-12-17(13-19(26-8-2)21(18)27-9-3)22(24)23-20-15(5)10-14(4)11-16(20)6/h10-13H,7-9H2,1-6H3,(H,23,24). The summed E-state index contributed by atoms with van der Waals surface area (Å²) in [5, 5.41) is 3.02. The quantitative estimate of drug-likeness (QED) is 0.705. The largest absolute Gasteiger partial charge is 0.490 e. The molecule has 0 aliphatic rings. The minimum atomic E-state index is -0.213. The smallest absolute Gasteiger partial charge is 0.255 e. The Bertz CT molecular complexity index is 764. The molecule has 0 aromatic heterocycles. The molecule has 5 nitrogen and oxygen atoms in total. The zero-order chi connectivity index (χ0) is 20.0. The number of benzene rings is 2. The van der Waals surface area contributed by atoms with Gasteiger partial charge in [-0.1, -0.05) is 17.7 Å². The Balaban J connectivity index is 2.43. The summed E-state index contributed by atoms with van der Waals surface area (Å²) >= 11 is 0. The minimum absolute atomic E-state index is 0.213. The molecule has 0 bridgehead atoms. The predicted octanol–water partition coefficient (Wildman–Crippen LogP) is 5.06. The lowest BCUT2D eigenvalue weighted by molar-refractivity contribution is 0.102. The van der Waals surface area contributed by atoms with Crippen LogP contribution in [0.15, 0.2) is 24.3 Å². The van der Waals surface area contributed by atoms with Crippen molar-refractivity contribution in [1.29, 1.82) is 0 Å². The Morgan fingerprint density at radius 2 is 1.30 bits per heavy atom. The molecule has 0 aliphatic carbocycles. The second kappa shape index (κ2) is 9.31. The van der Waals surface area contributed by atoms with E-state index in [1.54, 1.807) is 12.1 Å². The third-order valence-electron chi connectivity index (χ3n) is 4.09. The first kappa shape index (κ1) is 20.6. The summed E-state index contributed by atoms with van der Waals surface area (Å²) in [4.78, 5) is 12.9. The summed E-state index contributed by atoms with van der Waals surface area (Å²) in [5.41, 5.74) is 4.52. The maximum atomic E-state index is 12.9. The first-order chi connectivity index (χ1) is 12.9. The fraction of sp³-hybridized carbons (Fsp3) is 0.409. The summed E-state index contributed by atoms with van der Waals surface area (Å²) in [5.74, 6) is 1.33. The number of carbonyl (C=O) groups excluding carboxylic acids is 1. The molecule has 0 aliphatic heterocycles. The number of hydrogen-bond acceptors (Lipinski definition) is 4. The first-order valence-corrected chi connectivity index (χ1v) is 9.36. The van der Waals surface area contributed by atoms with E-state index in [-0.39, 0.29) is 5.91 Å². The molecule has 0 radical (unpaired) electrons. The summed E-state index contributed by atoms with van der Waals surface area (Å²) in [6.45, 7) is 13.1. The van der Waals surface area contributed by atoms with Crippen molar-refractivity contribution in [3.63, 3.8) is 0 Å². The Labute approximate surface area is 161 Å². The first-order valence-electron chi connectivity index (χ1n) is 9.36. The molecule has 0 saturated heterocycles. The van der Waals surface area contributed by atoms with Crippen LogP contribution in [0.5, 0.6) is 17.2 Å². The zero-order valence-electron chi connectivity index (χ0n) is 17.1. The second-order valence-electron chi connectivity index (χ2n) is 6.33. The van der Waals surface area contributed by atoms with Crippen molar-refractivity contribution < 1.29 is 19.0 Å². The number of anilines is 1. The minimum Gasteiger partial charge on any atom is -0.490 e. The van der Waals surface area contributed by atoms with Crippen molar-refractivity contribution in [2.45, 2.75) is 41.5 Å². The lowest BCUT2D eigenvalue weighted by Gasteiger charge is -2.18. The SMILES string of the molecule is CCOc1cc(C(=O)Nc2c(C)cc(C)cc2C)cc(OCC)c1OCC. The molecule has 27 heavy (non-hydrogen) atoms. The average Bonchev–Trinajstić information content (AvgIpc) is 2.60. The fourth-order valence-electron chi connectivity index (χ4n) is 3.08. The summed E-state index contributed by atoms with van der Waals surface area (Å²) in [6, 6.07) is 7.51. The van der Waals surface area contributed by atoms with Gasteiger partial charge in [0.1, 0.15) is 0 Å². The zero-order valence-corrected chi connectivity index (χ0v) is 17.1. The number of nitrogens with one attached hydrogen (secondary N) is 1. The van der Waals surface area contributed by atoms with E-state index in [1.165, 1.54) is 5.56 Å². The highest BCUT2D eigenvalue weighted by molar-refractivity contribution is 6.05. The molecular weight excluding hydrogens is 342 g/mol. The highest BCUT2D eigenvalue weighted by atomic mass is 16.5. The average molecular weight is 371 g/mol. The van der Waals surface area contributed by atoms with Crippen LogP contribution in [0.25, 0.3) is 0 Å². The summed E-state index contributed by atoms with van der Waals surface area (Å²) in [6.07, 6.45) is 0. The monoisotopic (exact) mass is 371 g/mol. The van der Waals surface area contributed by atoms with Gasteiger partial charge in [0, 0.05) is 11.3 Å². The Morgan fingerprint density at radius 1 is 0.815 bits per heavy atom. The molecule has 5 heteroatoms. The maximum absolute atomic E-state index is 12.9. The lowest BCUT2D eigenvalue weighted by atomic mass is 10.0. The van der Waals surface area contributed by atoms with Gasteiger partial charge in [-0.2, -0.15) is 0 Å². The molecule has 0 heterocycles. The lowest BCUT2D eigenvalue weighted by Crippen LogP contribution is -2.15. The fourth-order valence-corrected chi connectivity index (χ4v) is 3.08. The van der Waals surface area contributed by atoms with Gasteiger partial charge in [0.05, 0.1) is 19.8 Å². The van der Waals surface area contributed by atoms with Gasteiger partial charge >= 0.3 is 0 Å². The molecule has 1 N–H and O–H groups in total. The van der Waals surface area contributed by atoms with Crippen molar-refractivity contribution in [3.05, 3.63) is 46.5 Å². The van der Waals surface area contributed by atoms with Crippen molar-refractivity contribution >= 4 is 11.6 Å².